The molecule has 0 fully saturated rings. The van der Waals surface area contributed by atoms with Crippen LogP contribution in [0.15, 0.2) is 12.7 Å². The minimum atomic E-state index is -1.03. The molecule has 0 radical (unpaired) electrons. The second kappa shape index (κ2) is 2.96. The lowest BCUT2D eigenvalue weighted by Crippen LogP contribution is -2.10. The van der Waals surface area contributed by atoms with E-state index in [0.29, 0.717) is 0 Å². The van der Waals surface area contributed by atoms with E-state index in [1.54, 1.807) is 0 Å². The second-order valence-electron chi connectivity index (χ2n) is 1.27. The van der Waals surface area contributed by atoms with Crippen LogP contribution in [0.3, 0.4) is 0 Å². The van der Waals surface area contributed by atoms with Gasteiger partial charge in [-0.25, -0.2) is 0 Å². The number of rotatable bonds is 3. The van der Waals surface area contributed by atoms with Gasteiger partial charge in [0.15, 0.2) is 0 Å². The number of hydrogen-bond acceptors (Lipinski definition) is 2. The number of nitrogens with one attached hydrogen (secondary N) is 1. The lowest BCUT2D eigenvalue weighted by atomic mass is 10.2. The zero-order valence-corrected chi connectivity index (χ0v) is 4.29. The van der Waals surface area contributed by atoms with Crippen LogP contribution in [0.2, 0.25) is 0 Å². The molecule has 3 heteroatoms. The third-order valence-corrected chi connectivity index (χ3v) is 0.719. The van der Waals surface area contributed by atoms with Crippen LogP contribution in [0.5, 0.6) is 0 Å². The summed E-state index contributed by atoms with van der Waals surface area (Å²) in [5.74, 6) is -1.86. The molecule has 0 aromatic carbocycles. The highest BCUT2D eigenvalue weighted by Gasteiger charge is 2.06. The van der Waals surface area contributed by atoms with E-state index in [1.807, 2.05) is 0 Å². The van der Waals surface area contributed by atoms with Gasteiger partial charge >= 0.3 is 5.97 Å². The van der Waals surface area contributed by atoms with Crippen molar-refractivity contribution in [3.63, 3.8) is 0 Å². The Balaban J connectivity index is 3.88. The van der Waals surface area contributed by atoms with Crippen molar-refractivity contribution in [2.45, 2.75) is 0 Å². The molecule has 0 aliphatic heterocycles. The molecule has 0 saturated heterocycles. The molecule has 1 unspecified atom stereocenters. The molecule has 0 aromatic rings. The maximum Gasteiger partial charge on any atom is 0.315 e. The Morgan fingerprint density at radius 1 is 1.88 bits per heavy atom. The van der Waals surface area contributed by atoms with Crippen LogP contribution < -0.4 is 0 Å². The molecule has 0 rings (SSSR count). The quantitative estimate of drug-likeness (QED) is 0.414. The van der Waals surface area contributed by atoms with E-state index in [0.717, 1.165) is 6.21 Å². The van der Waals surface area contributed by atoms with E-state index in [9.17, 15) is 4.79 Å². The van der Waals surface area contributed by atoms with Crippen LogP contribution in [-0.2, 0) is 4.79 Å². The molecule has 44 valence electrons. The number of aliphatic carboxylic acids is 1. The molecule has 0 aliphatic carbocycles. The zero-order valence-electron chi connectivity index (χ0n) is 4.29. The summed E-state index contributed by atoms with van der Waals surface area (Å²) in [5, 5.41) is 14.7. The van der Waals surface area contributed by atoms with Crippen molar-refractivity contribution in [1.82, 2.24) is 0 Å². The van der Waals surface area contributed by atoms with E-state index in [4.69, 9.17) is 10.5 Å². The molecule has 1 atom stereocenters. The average molecular weight is 113 g/mol. The number of carboxylic acids is 1. The molecule has 8 heavy (non-hydrogen) atoms. The van der Waals surface area contributed by atoms with Crippen LogP contribution >= 0.6 is 0 Å². The fraction of sp³-hybridized carbons (Fsp3) is 0.200. The van der Waals surface area contributed by atoms with E-state index < -0.39 is 11.9 Å². The molecule has 2 N–H and O–H groups in total. The topological polar surface area (TPSA) is 61.2 Å². The smallest absolute Gasteiger partial charge is 0.315 e. The second-order valence-corrected chi connectivity index (χ2v) is 1.27. The largest absolute Gasteiger partial charge is 0.481 e. The summed E-state index contributed by atoms with van der Waals surface area (Å²) in [5.41, 5.74) is 0. The van der Waals surface area contributed by atoms with Gasteiger partial charge in [0, 0.05) is 6.21 Å². The summed E-state index contributed by atoms with van der Waals surface area (Å²) in [7, 11) is 0. The van der Waals surface area contributed by atoms with Crippen LogP contribution in [0.1, 0.15) is 0 Å². The maximum absolute atomic E-state index is 9.94. The first-order chi connectivity index (χ1) is 3.72. The fourth-order valence-corrected chi connectivity index (χ4v) is 0.240. The van der Waals surface area contributed by atoms with E-state index >= 15 is 0 Å². The van der Waals surface area contributed by atoms with Crippen LogP contribution in [0, 0.1) is 11.3 Å². The van der Waals surface area contributed by atoms with E-state index in [1.165, 1.54) is 6.08 Å². The maximum atomic E-state index is 9.94. The van der Waals surface area contributed by atoms with Gasteiger partial charge in [-0.2, -0.15) is 0 Å². The predicted molar refractivity (Wildman–Crippen MR) is 30.1 cm³/mol. The fourth-order valence-electron chi connectivity index (χ4n) is 0.240. The van der Waals surface area contributed by atoms with Crippen molar-refractivity contribution >= 4 is 12.2 Å². The van der Waals surface area contributed by atoms with Gasteiger partial charge in [0.1, 0.15) is 5.92 Å². The van der Waals surface area contributed by atoms with Gasteiger partial charge < -0.3 is 10.5 Å². The van der Waals surface area contributed by atoms with Crippen LogP contribution in [0.4, 0.5) is 0 Å². The molecule has 3 nitrogen and oxygen atoms in total. The van der Waals surface area contributed by atoms with Crippen molar-refractivity contribution in [3.8, 4) is 0 Å². The Morgan fingerprint density at radius 2 is 2.38 bits per heavy atom. The predicted octanol–water partition coefficient (Wildman–Crippen LogP) is 0.523. The molecular weight excluding hydrogens is 106 g/mol. The molecule has 0 amide bonds. The molecule has 0 heterocycles. The minimum Gasteiger partial charge on any atom is -0.481 e. The number of carbonyl (C=O) groups is 1. The van der Waals surface area contributed by atoms with Crippen molar-refractivity contribution in [1.29, 1.82) is 5.41 Å². The number of carboxylic acid groups (broad SMARTS) is 1. The Bertz CT molecular complexity index is 112. The summed E-state index contributed by atoms with van der Waals surface area (Å²) in [4.78, 5) is 9.94. The molecular formula is C5H7NO2. The summed E-state index contributed by atoms with van der Waals surface area (Å²) in [6.45, 7) is 3.22. The van der Waals surface area contributed by atoms with Crippen molar-refractivity contribution in [3.05, 3.63) is 12.7 Å². The summed E-state index contributed by atoms with van der Waals surface area (Å²) >= 11 is 0. The molecule has 0 bridgehead atoms. The first-order valence-electron chi connectivity index (χ1n) is 2.08. The van der Waals surface area contributed by atoms with Gasteiger partial charge in [0.2, 0.25) is 0 Å². The normalized spacial score (nSPS) is 12.0. The SMILES string of the molecule is C=CC(C=N)C(=O)O. The van der Waals surface area contributed by atoms with Gasteiger partial charge in [-0.15, -0.1) is 6.58 Å². The molecule has 0 saturated carbocycles. The highest BCUT2D eigenvalue weighted by molar-refractivity contribution is 5.89. The van der Waals surface area contributed by atoms with E-state index in [-0.39, 0.29) is 0 Å². The number of hydrogen-bond donors (Lipinski definition) is 2. The van der Waals surface area contributed by atoms with Gasteiger partial charge in [0.25, 0.3) is 0 Å². The monoisotopic (exact) mass is 113 g/mol. The Labute approximate surface area is 47.2 Å². The average Bonchev–Trinajstić information content (AvgIpc) is 1.69. The minimum absolute atomic E-state index is 0.824. The summed E-state index contributed by atoms with van der Waals surface area (Å²) in [6, 6.07) is 0. The summed E-state index contributed by atoms with van der Waals surface area (Å²) in [6.07, 6.45) is 2.03. The van der Waals surface area contributed by atoms with Crippen LogP contribution in [-0.4, -0.2) is 17.3 Å². The Kier molecular flexibility index (Phi) is 2.54. The first kappa shape index (κ1) is 6.88. The molecule has 0 aromatic heterocycles. The van der Waals surface area contributed by atoms with Crippen molar-refractivity contribution in [2.75, 3.05) is 0 Å². The summed E-state index contributed by atoms with van der Waals surface area (Å²) < 4.78 is 0. The third-order valence-electron chi connectivity index (χ3n) is 0.719. The Hall–Kier alpha value is -1.12. The van der Waals surface area contributed by atoms with Gasteiger partial charge in [-0.1, -0.05) is 6.08 Å². The third kappa shape index (κ3) is 1.55. The first-order valence-corrected chi connectivity index (χ1v) is 2.08. The lowest BCUT2D eigenvalue weighted by molar-refractivity contribution is -0.137. The lowest BCUT2D eigenvalue weighted by Gasteiger charge is -1.93. The van der Waals surface area contributed by atoms with Gasteiger partial charge in [-0.3, -0.25) is 4.79 Å². The van der Waals surface area contributed by atoms with Crippen molar-refractivity contribution < 1.29 is 9.90 Å². The van der Waals surface area contributed by atoms with E-state index in [2.05, 4.69) is 6.58 Å². The molecule has 0 spiro atoms. The highest BCUT2D eigenvalue weighted by atomic mass is 16.4. The van der Waals surface area contributed by atoms with Crippen molar-refractivity contribution in [2.24, 2.45) is 5.92 Å². The standard InChI is InChI=1S/C5H7NO2/c1-2-4(3-6)5(7)8/h2-4,6H,1H2,(H,7,8). The zero-order chi connectivity index (χ0) is 6.57. The van der Waals surface area contributed by atoms with Crippen LogP contribution in [0.25, 0.3) is 0 Å². The Morgan fingerprint density at radius 3 is 2.38 bits per heavy atom. The van der Waals surface area contributed by atoms with Gasteiger partial charge in [0.05, 0.1) is 0 Å². The van der Waals surface area contributed by atoms with Gasteiger partial charge in [-0.05, 0) is 0 Å². The highest BCUT2D eigenvalue weighted by Crippen LogP contribution is 1.90. The molecule has 0 aliphatic rings.